The fourth-order valence-corrected chi connectivity index (χ4v) is 7.63. The highest BCUT2D eigenvalue weighted by Gasteiger charge is 2.41. The number of urea groups is 1. The van der Waals surface area contributed by atoms with Crippen LogP contribution in [0.25, 0.3) is 21.8 Å². The molecule has 0 aliphatic carbocycles. The molecule has 0 saturated carbocycles. The molecule has 1 saturated heterocycles. The highest BCUT2D eigenvalue weighted by molar-refractivity contribution is 7.91. The lowest BCUT2D eigenvalue weighted by molar-refractivity contribution is -0.121. The minimum atomic E-state index is -3.90. The first-order chi connectivity index (χ1) is 17.8. The predicted molar refractivity (Wildman–Crippen MR) is 146 cm³/mol. The first-order valence-corrected chi connectivity index (χ1v) is 14.6. The van der Waals surface area contributed by atoms with Crippen molar-refractivity contribution in [1.29, 1.82) is 0 Å². The second-order valence-corrected chi connectivity index (χ2v) is 11.9. The summed E-state index contributed by atoms with van der Waals surface area (Å²) in [6, 6.07) is 15.6. The number of rotatable bonds is 6. The van der Waals surface area contributed by atoms with E-state index in [-0.39, 0.29) is 29.9 Å². The van der Waals surface area contributed by atoms with E-state index in [0.29, 0.717) is 12.2 Å². The van der Waals surface area contributed by atoms with Crippen molar-refractivity contribution in [2.75, 3.05) is 31.5 Å². The quantitative estimate of drug-likeness (QED) is 0.388. The Morgan fingerprint density at radius 2 is 1.78 bits per heavy atom. The number of hydrogen-bond donors (Lipinski definition) is 2. The topological polar surface area (TPSA) is 104 Å². The molecule has 1 fully saturated rings. The lowest BCUT2D eigenvalue weighted by atomic mass is 10.1. The van der Waals surface area contributed by atoms with Crippen LogP contribution in [0.2, 0.25) is 0 Å². The highest BCUT2D eigenvalue weighted by Crippen LogP contribution is 2.31. The molecule has 2 aromatic carbocycles. The summed E-state index contributed by atoms with van der Waals surface area (Å²) >= 11 is 1.11. The van der Waals surface area contributed by atoms with Gasteiger partial charge in [0.05, 0.1) is 0 Å². The van der Waals surface area contributed by atoms with Gasteiger partial charge in [-0.1, -0.05) is 24.3 Å². The minimum absolute atomic E-state index is 0.0263. The number of benzene rings is 2. The Balaban J connectivity index is 1.48. The van der Waals surface area contributed by atoms with Crippen LogP contribution in [0.15, 0.2) is 64.2 Å². The second-order valence-electron chi connectivity index (χ2n) is 8.83. The largest absolute Gasteiger partial charge is 0.341 e. The molecule has 9 nitrogen and oxygen atoms in total. The Bertz CT molecular complexity index is 1560. The summed E-state index contributed by atoms with van der Waals surface area (Å²) in [5.41, 5.74) is 2.74. The van der Waals surface area contributed by atoms with E-state index in [0.717, 1.165) is 39.7 Å². The van der Waals surface area contributed by atoms with Gasteiger partial charge in [0.1, 0.15) is 10.3 Å². The maximum Gasteiger partial charge on any atom is 0.317 e. The average molecular weight is 540 g/mol. The zero-order chi connectivity index (χ0) is 26.2. The maximum absolute atomic E-state index is 13.6. The summed E-state index contributed by atoms with van der Waals surface area (Å²) in [5.74, 6) is -0.479. The molecular formula is C26H29N5O4S2. The lowest BCUT2D eigenvalue weighted by Crippen LogP contribution is -2.61. The number of anilines is 1. The van der Waals surface area contributed by atoms with Crippen molar-refractivity contribution in [3.8, 4) is 0 Å². The van der Waals surface area contributed by atoms with Crippen LogP contribution in [0.4, 0.5) is 10.5 Å². The second kappa shape index (κ2) is 10.2. The number of para-hydroxylation sites is 1. The van der Waals surface area contributed by atoms with Gasteiger partial charge in [-0.05, 0) is 49.6 Å². The SMILES string of the molecule is CCNC(=O)N1CCN(S(=O)(=O)c2cccs2)[C@H](C(=O)Nc2ccc3c(c2)c2ccccc2n3CC)C1. The summed E-state index contributed by atoms with van der Waals surface area (Å²) in [5, 5.41) is 9.44. The maximum atomic E-state index is 13.6. The number of carbonyl (C=O) groups excluding carboxylic acids is 2. The molecule has 3 heterocycles. The Labute approximate surface area is 219 Å². The third-order valence-corrected chi connectivity index (χ3v) is 9.94. The van der Waals surface area contributed by atoms with E-state index in [1.54, 1.807) is 11.4 Å². The summed E-state index contributed by atoms with van der Waals surface area (Å²) < 4.78 is 30.4. The third-order valence-electron chi connectivity index (χ3n) is 6.66. The van der Waals surface area contributed by atoms with E-state index in [2.05, 4.69) is 34.3 Å². The minimum Gasteiger partial charge on any atom is -0.341 e. The van der Waals surface area contributed by atoms with Gasteiger partial charge < -0.3 is 20.1 Å². The van der Waals surface area contributed by atoms with Crippen LogP contribution in [-0.4, -0.2) is 66.3 Å². The molecular weight excluding hydrogens is 510 g/mol. The molecule has 11 heteroatoms. The van der Waals surface area contributed by atoms with Crippen molar-refractivity contribution < 1.29 is 18.0 Å². The van der Waals surface area contributed by atoms with Gasteiger partial charge >= 0.3 is 6.03 Å². The zero-order valence-electron chi connectivity index (χ0n) is 20.7. The van der Waals surface area contributed by atoms with E-state index < -0.39 is 22.0 Å². The van der Waals surface area contributed by atoms with Gasteiger partial charge in [-0.15, -0.1) is 11.3 Å². The van der Waals surface area contributed by atoms with Crippen LogP contribution in [0, 0.1) is 0 Å². The van der Waals surface area contributed by atoms with Crippen molar-refractivity contribution in [2.45, 2.75) is 30.6 Å². The highest BCUT2D eigenvalue weighted by atomic mass is 32.2. The zero-order valence-corrected chi connectivity index (χ0v) is 22.3. The Morgan fingerprint density at radius 3 is 2.51 bits per heavy atom. The number of nitrogens with zero attached hydrogens (tertiary/aromatic N) is 3. The van der Waals surface area contributed by atoms with Gasteiger partial charge in [0.15, 0.2) is 0 Å². The molecule has 4 aromatic rings. The normalized spacial score (nSPS) is 16.8. The molecule has 37 heavy (non-hydrogen) atoms. The molecule has 3 amide bonds. The molecule has 194 valence electrons. The molecule has 2 aromatic heterocycles. The van der Waals surface area contributed by atoms with Crippen LogP contribution in [-0.2, 0) is 21.4 Å². The third kappa shape index (κ3) is 4.58. The smallest absolute Gasteiger partial charge is 0.317 e. The van der Waals surface area contributed by atoms with Crippen molar-refractivity contribution in [1.82, 2.24) is 19.1 Å². The van der Waals surface area contributed by atoms with Gasteiger partial charge in [0.25, 0.3) is 10.0 Å². The Kier molecular flexibility index (Phi) is 6.93. The fourth-order valence-electron chi connectivity index (χ4n) is 4.94. The van der Waals surface area contributed by atoms with Crippen molar-refractivity contribution in [3.05, 3.63) is 60.0 Å². The average Bonchev–Trinajstić information content (AvgIpc) is 3.55. The van der Waals surface area contributed by atoms with Gasteiger partial charge in [-0.25, -0.2) is 13.2 Å². The monoisotopic (exact) mass is 539 g/mol. The summed E-state index contributed by atoms with van der Waals surface area (Å²) in [7, 11) is -3.90. The first-order valence-electron chi connectivity index (χ1n) is 12.2. The number of aromatic nitrogens is 1. The van der Waals surface area contributed by atoms with Crippen molar-refractivity contribution >= 4 is 60.8 Å². The summed E-state index contributed by atoms with van der Waals surface area (Å²) in [6.45, 7) is 5.33. The molecule has 1 atom stereocenters. The number of amides is 3. The first kappa shape index (κ1) is 25.2. The number of sulfonamides is 1. The fraction of sp³-hybridized carbons (Fsp3) is 0.308. The van der Waals surface area contributed by atoms with Crippen LogP contribution in [0.5, 0.6) is 0 Å². The van der Waals surface area contributed by atoms with Crippen LogP contribution < -0.4 is 10.6 Å². The van der Waals surface area contributed by atoms with E-state index in [4.69, 9.17) is 0 Å². The molecule has 2 N–H and O–H groups in total. The van der Waals surface area contributed by atoms with Gasteiger partial charge in [0.2, 0.25) is 5.91 Å². The van der Waals surface area contributed by atoms with Crippen molar-refractivity contribution in [3.63, 3.8) is 0 Å². The molecule has 0 unspecified atom stereocenters. The molecule has 1 aliphatic heterocycles. The predicted octanol–water partition coefficient (Wildman–Crippen LogP) is 3.92. The summed E-state index contributed by atoms with van der Waals surface area (Å²) in [6.07, 6.45) is 0. The lowest BCUT2D eigenvalue weighted by Gasteiger charge is -2.39. The van der Waals surface area contributed by atoms with E-state index in [9.17, 15) is 18.0 Å². The Hall–Kier alpha value is -3.41. The molecule has 0 radical (unpaired) electrons. The number of carbonyl (C=O) groups is 2. The van der Waals surface area contributed by atoms with Crippen molar-refractivity contribution in [2.24, 2.45) is 0 Å². The standard InChI is InChI=1S/C26H29N5O4S2/c1-3-27-26(33)29-13-14-31(37(34,35)24-10-7-15-36-24)23(17-29)25(32)28-18-11-12-22-20(16-18)19-8-5-6-9-21(19)30(22)4-2/h5-12,15-16,23H,3-4,13-14,17H2,1-2H3,(H,27,33)(H,28,32)/t23-/m0/s1. The van der Waals surface area contributed by atoms with Crippen LogP contribution >= 0.6 is 11.3 Å². The number of piperazine rings is 1. The van der Waals surface area contributed by atoms with E-state index in [1.807, 2.05) is 37.3 Å². The van der Waals surface area contributed by atoms with Gasteiger partial charge in [-0.3, -0.25) is 4.79 Å². The Morgan fingerprint density at radius 1 is 1.00 bits per heavy atom. The molecule has 0 bridgehead atoms. The van der Waals surface area contributed by atoms with Gasteiger partial charge in [-0.2, -0.15) is 4.31 Å². The number of hydrogen-bond acceptors (Lipinski definition) is 5. The molecule has 1 aliphatic rings. The number of nitrogens with one attached hydrogen (secondary N) is 2. The number of thiophene rings is 1. The van der Waals surface area contributed by atoms with Gasteiger partial charge in [0, 0.05) is 60.2 Å². The molecule has 5 rings (SSSR count). The molecule has 0 spiro atoms. The summed E-state index contributed by atoms with van der Waals surface area (Å²) in [4.78, 5) is 27.6. The van der Waals surface area contributed by atoms with E-state index >= 15 is 0 Å². The number of aryl methyl sites for hydroxylation is 1. The van der Waals surface area contributed by atoms with Crippen LogP contribution in [0.1, 0.15) is 13.8 Å². The number of fused-ring (bicyclic) bond motifs is 3. The van der Waals surface area contributed by atoms with Crippen LogP contribution in [0.3, 0.4) is 0 Å². The van der Waals surface area contributed by atoms with E-state index in [1.165, 1.54) is 15.3 Å².